The number of nitrogens with zero attached hydrogens (tertiary/aromatic N) is 3. The Hall–Kier alpha value is -2.25. The van der Waals surface area contributed by atoms with Crippen LogP contribution in [0.3, 0.4) is 0 Å². The smallest absolute Gasteiger partial charge is 0.0811 e. The van der Waals surface area contributed by atoms with Gasteiger partial charge in [0.15, 0.2) is 0 Å². The highest BCUT2D eigenvalue weighted by Crippen LogP contribution is 2.30. The summed E-state index contributed by atoms with van der Waals surface area (Å²) in [6.07, 6.45) is 0. The van der Waals surface area contributed by atoms with E-state index in [0.717, 1.165) is 22.3 Å². The molecule has 3 nitrogen and oxygen atoms in total. The topological polar surface area (TPSA) is 48.8 Å². The van der Waals surface area contributed by atoms with Gasteiger partial charge in [0.25, 0.3) is 0 Å². The standard InChI is InChI=1S/C15H15N3/c1-11-7-3-5-9-13(11)15(17-18-16)14-10-6-4-8-12(14)2/h3-10,15H,1-2H3. The average molecular weight is 237 g/mol. The number of benzene rings is 2. The SMILES string of the molecule is Cc1ccccc1C(N=[N+]=[N-])c1ccccc1C. The molecular weight excluding hydrogens is 222 g/mol. The van der Waals surface area contributed by atoms with Crippen LogP contribution in [0.5, 0.6) is 0 Å². The van der Waals surface area contributed by atoms with Gasteiger partial charge in [-0.25, -0.2) is 0 Å². The first kappa shape index (κ1) is 12.2. The first-order valence-corrected chi connectivity index (χ1v) is 5.89. The molecule has 0 saturated carbocycles. The van der Waals surface area contributed by atoms with Crippen molar-refractivity contribution in [2.24, 2.45) is 5.11 Å². The lowest BCUT2D eigenvalue weighted by Gasteiger charge is -2.16. The maximum absolute atomic E-state index is 8.80. The van der Waals surface area contributed by atoms with Crippen molar-refractivity contribution >= 4 is 0 Å². The molecule has 2 aromatic rings. The molecule has 0 saturated heterocycles. The fourth-order valence-electron chi connectivity index (χ4n) is 2.13. The normalized spacial score (nSPS) is 10.2. The zero-order chi connectivity index (χ0) is 13.0. The van der Waals surface area contributed by atoms with E-state index in [1.54, 1.807) is 0 Å². The Labute approximate surface area is 107 Å². The number of hydrogen-bond acceptors (Lipinski definition) is 1. The van der Waals surface area contributed by atoms with Crippen LogP contribution >= 0.6 is 0 Å². The summed E-state index contributed by atoms with van der Waals surface area (Å²) in [5.41, 5.74) is 13.2. The lowest BCUT2D eigenvalue weighted by atomic mass is 9.93. The molecule has 0 spiro atoms. The van der Waals surface area contributed by atoms with Crippen molar-refractivity contribution < 1.29 is 0 Å². The summed E-state index contributed by atoms with van der Waals surface area (Å²) in [5.74, 6) is 0. The molecule has 0 aliphatic heterocycles. The van der Waals surface area contributed by atoms with Crippen molar-refractivity contribution in [1.82, 2.24) is 0 Å². The second-order valence-electron chi connectivity index (χ2n) is 4.32. The van der Waals surface area contributed by atoms with E-state index < -0.39 is 0 Å². The Morgan fingerprint density at radius 2 is 1.33 bits per heavy atom. The molecule has 0 aromatic heterocycles. The molecule has 0 aliphatic carbocycles. The highest BCUT2D eigenvalue weighted by molar-refractivity contribution is 5.40. The monoisotopic (exact) mass is 237 g/mol. The van der Waals surface area contributed by atoms with Crippen LogP contribution in [0.1, 0.15) is 28.3 Å². The lowest BCUT2D eigenvalue weighted by Crippen LogP contribution is -2.01. The first-order valence-electron chi connectivity index (χ1n) is 5.89. The van der Waals surface area contributed by atoms with Gasteiger partial charge < -0.3 is 0 Å². The molecular formula is C15H15N3. The molecule has 0 unspecified atom stereocenters. The zero-order valence-electron chi connectivity index (χ0n) is 10.5. The van der Waals surface area contributed by atoms with Crippen molar-refractivity contribution in [3.05, 3.63) is 81.2 Å². The largest absolute Gasteiger partial charge is 0.0881 e. The van der Waals surface area contributed by atoms with Crippen LogP contribution in [0.4, 0.5) is 0 Å². The molecule has 0 bridgehead atoms. The molecule has 2 rings (SSSR count). The maximum Gasteiger partial charge on any atom is 0.0881 e. The summed E-state index contributed by atoms with van der Waals surface area (Å²) in [7, 11) is 0. The van der Waals surface area contributed by atoms with E-state index in [9.17, 15) is 0 Å². The highest BCUT2D eigenvalue weighted by atomic mass is 15.1. The summed E-state index contributed by atoms with van der Waals surface area (Å²) >= 11 is 0. The Morgan fingerprint density at radius 3 is 1.72 bits per heavy atom. The van der Waals surface area contributed by atoms with Crippen LogP contribution < -0.4 is 0 Å². The Morgan fingerprint density at radius 1 is 0.889 bits per heavy atom. The molecule has 0 N–H and O–H groups in total. The Balaban J connectivity index is 2.58. The Kier molecular flexibility index (Phi) is 3.66. The molecule has 3 heteroatoms. The van der Waals surface area contributed by atoms with Gasteiger partial charge in [-0.05, 0) is 41.6 Å². The van der Waals surface area contributed by atoms with Crippen LogP contribution in [-0.4, -0.2) is 0 Å². The van der Waals surface area contributed by atoms with Crippen LogP contribution in [0.25, 0.3) is 10.4 Å². The molecule has 0 aliphatic rings. The molecule has 0 heterocycles. The van der Waals surface area contributed by atoms with Crippen LogP contribution in [0.15, 0.2) is 53.6 Å². The number of rotatable bonds is 3. The molecule has 2 aromatic carbocycles. The summed E-state index contributed by atoms with van der Waals surface area (Å²) < 4.78 is 0. The fraction of sp³-hybridized carbons (Fsp3) is 0.200. The minimum absolute atomic E-state index is 0.252. The van der Waals surface area contributed by atoms with Gasteiger partial charge in [-0.2, -0.15) is 0 Å². The Bertz CT molecular complexity index is 553. The van der Waals surface area contributed by atoms with E-state index >= 15 is 0 Å². The maximum atomic E-state index is 8.80. The van der Waals surface area contributed by atoms with Gasteiger partial charge in [0.05, 0.1) is 6.04 Å². The van der Waals surface area contributed by atoms with Crippen molar-refractivity contribution in [2.45, 2.75) is 19.9 Å². The van der Waals surface area contributed by atoms with Crippen LogP contribution in [0.2, 0.25) is 0 Å². The molecule has 0 amide bonds. The molecule has 0 fully saturated rings. The van der Waals surface area contributed by atoms with E-state index in [2.05, 4.69) is 10.0 Å². The molecule has 0 atom stereocenters. The third kappa shape index (κ3) is 2.36. The van der Waals surface area contributed by atoms with Crippen LogP contribution in [-0.2, 0) is 0 Å². The van der Waals surface area contributed by atoms with Gasteiger partial charge in [0.1, 0.15) is 0 Å². The second kappa shape index (κ2) is 5.39. The minimum atomic E-state index is -0.252. The van der Waals surface area contributed by atoms with Gasteiger partial charge >= 0.3 is 0 Å². The first-order chi connectivity index (χ1) is 8.74. The highest BCUT2D eigenvalue weighted by Gasteiger charge is 2.15. The quantitative estimate of drug-likeness (QED) is 0.422. The predicted octanol–water partition coefficient (Wildman–Crippen LogP) is 4.70. The molecule has 0 radical (unpaired) electrons. The van der Waals surface area contributed by atoms with E-state index in [-0.39, 0.29) is 6.04 Å². The van der Waals surface area contributed by atoms with E-state index in [4.69, 9.17) is 5.53 Å². The van der Waals surface area contributed by atoms with Crippen molar-refractivity contribution in [3.8, 4) is 0 Å². The molecule has 18 heavy (non-hydrogen) atoms. The number of hydrogen-bond donors (Lipinski definition) is 0. The van der Waals surface area contributed by atoms with E-state index in [0.29, 0.717) is 0 Å². The van der Waals surface area contributed by atoms with Gasteiger partial charge in [0, 0.05) is 4.91 Å². The van der Waals surface area contributed by atoms with Crippen molar-refractivity contribution in [3.63, 3.8) is 0 Å². The zero-order valence-corrected chi connectivity index (χ0v) is 10.5. The number of azide groups is 1. The van der Waals surface area contributed by atoms with Crippen molar-refractivity contribution in [1.29, 1.82) is 0 Å². The summed E-state index contributed by atoms with van der Waals surface area (Å²) in [6, 6.07) is 15.8. The second-order valence-corrected chi connectivity index (χ2v) is 4.32. The summed E-state index contributed by atoms with van der Waals surface area (Å²) in [5, 5.41) is 3.97. The van der Waals surface area contributed by atoms with E-state index in [1.165, 1.54) is 0 Å². The van der Waals surface area contributed by atoms with Gasteiger partial charge in [-0.1, -0.05) is 53.6 Å². The average Bonchev–Trinajstić information content (AvgIpc) is 2.38. The third-order valence-corrected chi connectivity index (χ3v) is 3.13. The molecule has 90 valence electrons. The van der Waals surface area contributed by atoms with Crippen LogP contribution in [0, 0.1) is 13.8 Å². The lowest BCUT2D eigenvalue weighted by molar-refractivity contribution is 0.841. The van der Waals surface area contributed by atoms with Gasteiger partial charge in [-0.3, -0.25) is 0 Å². The van der Waals surface area contributed by atoms with Gasteiger partial charge in [0.2, 0.25) is 0 Å². The summed E-state index contributed by atoms with van der Waals surface area (Å²) in [4.78, 5) is 3.00. The van der Waals surface area contributed by atoms with E-state index in [1.807, 2.05) is 62.4 Å². The van der Waals surface area contributed by atoms with Gasteiger partial charge in [-0.15, -0.1) is 0 Å². The fourth-order valence-corrected chi connectivity index (χ4v) is 2.13. The third-order valence-electron chi connectivity index (χ3n) is 3.13. The minimum Gasteiger partial charge on any atom is -0.0811 e. The predicted molar refractivity (Wildman–Crippen MR) is 73.3 cm³/mol. The number of aryl methyl sites for hydroxylation is 2. The van der Waals surface area contributed by atoms with Crippen molar-refractivity contribution in [2.75, 3.05) is 0 Å². The summed E-state index contributed by atoms with van der Waals surface area (Å²) in [6.45, 7) is 4.07.